The first-order valence-electron chi connectivity index (χ1n) is 16.5. The summed E-state index contributed by atoms with van der Waals surface area (Å²) < 4.78 is 20.4. The zero-order valence-electron chi connectivity index (χ0n) is 29.0. The topological polar surface area (TPSA) is 161 Å². The summed E-state index contributed by atoms with van der Waals surface area (Å²) in [5.41, 5.74) is 0.378. The summed E-state index contributed by atoms with van der Waals surface area (Å²) in [5.74, 6) is -1.63. The first kappa shape index (κ1) is 38.3. The number of ether oxygens (including phenoxy) is 1. The molecular weight excluding hydrogens is 621 g/mol. The van der Waals surface area contributed by atoms with Crippen molar-refractivity contribution in [1.82, 2.24) is 30.3 Å². The van der Waals surface area contributed by atoms with E-state index in [9.17, 15) is 18.8 Å². The lowest BCUT2D eigenvalue weighted by Gasteiger charge is -2.53. The molecule has 2 aliphatic rings. The van der Waals surface area contributed by atoms with Crippen LogP contribution in [0.2, 0.25) is 0 Å². The number of hydrogen-bond donors (Lipinski definition) is 3. The zero-order chi connectivity index (χ0) is 35.6. The molecule has 2 saturated heterocycles. The van der Waals surface area contributed by atoms with Crippen molar-refractivity contribution in [2.24, 2.45) is 11.3 Å². The largest absolute Gasteiger partial charge is 0.478 e. The molecule has 3 N–H and O–H groups in total. The second kappa shape index (κ2) is 17.3. The van der Waals surface area contributed by atoms with Crippen molar-refractivity contribution in [2.45, 2.75) is 79.4 Å². The number of anilines is 1. The van der Waals surface area contributed by atoms with Crippen LogP contribution in [-0.2, 0) is 9.59 Å². The fraction of sp³-hybridized carbons (Fsp3) is 0.588. The van der Waals surface area contributed by atoms with Gasteiger partial charge in [-0.1, -0.05) is 27.7 Å². The molecule has 3 heterocycles. The quantitative estimate of drug-likeness (QED) is 0.245. The van der Waals surface area contributed by atoms with Crippen LogP contribution in [0.15, 0.2) is 36.7 Å². The molecule has 48 heavy (non-hydrogen) atoms. The van der Waals surface area contributed by atoms with E-state index >= 15 is 0 Å². The van der Waals surface area contributed by atoms with Crippen molar-refractivity contribution in [3.8, 4) is 11.6 Å². The van der Waals surface area contributed by atoms with Gasteiger partial charge < -0.3 is 30.1 Å². The minimum absolute atomic E-state index is 0.0352. The molecule has 2 aromatic rings. The van der Waals surface area contributed by atoms with Gasteiger partial charge in [-0.2, -0.15) is 0 Å². The second-order valence-electron chi connectivity index (χ2n) is 13.3. The second-order valence-corrected chi connectivity index (χ2v) is 13.3. The van der Waals surface area contributed by atoms with E-state index in [1.54, 1.807) is 4.90 Å². The number of amides is 1. The Morgan fingerprint density at radius 2 is 1.75 bits per heavy atom. The Balaban J connectivity index is 0.000000694. The van der Waals surface area contributed by atoms with E-state index in [4.69, 9.17) is 14.9 Å². The first-order chi connectivity index (χ1) is 22.7. The molecular formula is C34H50FN7O6. The Morgan fingerprint density at radius 3 is 2.31 bits per heavy atom. The van der Waals surface area contributed by atoms with Gasteiger partial charge in [0, 0.05) is 68.4 Å². The third-order valence-electron chi connectivity index (χ3n) is 8.59. The van der Waals surface area contributed by atoms with E-state index in [1.807, 2.05) is 20.8 Å². The van der Waals surface area contributed by atoms with Crippen LogP contribution in [0.3, 0.4) is 0 Å². The third-order valence-corrected chi connectivity index (χ3v) is 8.59. The fourth-order valence-electron chi connectivity index (χ4n) is 6.33. The molecule has 1 spiro atoms. The summed E-state index contributed by atoms with van der Waals surface area (Å²) in [6.07, 6.45) is 4.76. The summed E-state index contributed by atoms with van der Waals surface area (Å²) in [6.45, 7) is 20.2. The van der Waals surface area contributed by atoms with Gasteiger partial charge in [0.1, 0.15) is 17.9 Å². The third kappa shape index (κ3) is 10.4. The molecule has 1 atom stereocenters. The lowest BCUT2D eigenvalue weighted by molar-refractivity contribution is -0.134. The molecule has 0 saturated carbocycles. The maximum atomic E-state index is 14.2. The van der Waals surface area contributed by atoms with Crippen molar-refractivity contribution >= 4 is 23.7 Å². The predicted octanol–water partition coefficient (Wildman–Crippen LogP) is 4.31. The molecule has 2 aliphatic heterocycles. The zero-order valence-corrected chi connectivity index (χ0v) is 29.0. The van der Waals surface area contributed by atoms with Crippen LogP contribution in [0.1, 0.15) is 71.7 Å². The summed E-state index contributed by atoms with van der Waals surface area (Å²) >= 11 is 0. The van der Waals surface area contributed by atoms with Gasteiger partial charge in [-0.05, 0) is 64.3 Å². The van der Waals surface area contributed by atoms with E-state index in [-0.39, 0.29) is 34.6 Å². The molecule has 4 rings (SSSR count). The van der Waals surface area contributed by atoms with Gasteiger partial charge in [-0.3, -0.25) is 9.69 Å². The number of carboxylic acids is 2. The maximum Gasteiger partial charge on any atom is 0.328 e. The number of rotatable bonds is 14. The molecule has 264 valence electrons. The van der Waals surface area contributed by atoms with Crippen molar-refractivity contribution in [3.63, 3.8) is 0 Å². The summed E-state index contributed by atoms with van der Waals surface area (Å²) in [4.78, 5) is 43.5. The van der Waals surface area contributed by atoms with Crippen molar-refractivity contribution in [1.29, 1.82) is 0 Å². The predicted molar refractivity (Wildman–Crippen MR) is 180 cm³/mol. The van der Waals surface area contributed by atoms with Gasteiger partial charge in [0.25, 0.3) is 11.8 Å². The number of carboxylic acid groups (broad SMARTS) is 2. The van der Waals surface area contributed by atoms with E-state index in [2.05, 4.69) is 58.0 Å². The minimum atomic E-state index is -1.26. The molecule has 1 aromatic carbocycles. The lowest BCUT2D eigenvalue weighted by atomic mass is 9.76. The molecule has 1 aromatic heterocycles. The van der Waals surface area contributed by atoms with Crippen molar-refractivity contribution in [3.05, 3.63) is 48.1 Å². The number of hydrogen-bond acceptors (Lipinski definition) is 10. The Morgan fingerprint density at radius 1 is 1.08 bits per heavy atom. The van der Waals surface area contributed by atoms with Crippen LogP contribution in [0.25, 0.3) is 0 Å². The highest BCUT2D eigenvalue weighted by Crippen LogP contribution is 2.44. The van der Waals surface area contributed by atoms with Crippen LogP contribution in [0, 0.1) is 17.2 Å². The Hall–Kier alpha value is -4.17. The van der Waals surface area contributed by atoms with Gasteiger partial charge in [0.2, 0.25) is 0 Å². The lowest BCUT2D eigenvalue weighted by Crippen LogP contribution is -2.62. The Labute approximate surface area is 282 Å². The summed E-state index contributed by atoms with van der Waals surface area (Å²) in [6, 6.07) is 5.02. The number of benzene rings is 1. The highest BCUT2D eigenvalue weighted by atomic mass is 19.1. The van der Waals surface area contributed by atoms with E-state index in [0.717, 1.165) is 45.6 Å². The molecule has 14 heteroatoms. The van der Waals surface area contributed by atoms with Gasteiger partial charge in [0.15, 0.2) is 5.82 Å². The van der Waals surface area contributed by atoms with Crippen LogP contribution in [0.4, 0.5) is 10.2 Å². The number of halogens is 1. The molecule has 1 amide bonds. The standard InChI is InChI=1S/C30H46FN7O2.C4H4O4/c1-8-38(22(6)7)29(39)24-15-23(31)9-10-26(24)40-28-27(33-19-34-35-28)36-14-12-30(16-36)17-37(18-30)25(20(2)3)11-13-32-21(4)5;5-3(6)1-2-4(7)8/h9-10,15,19-22,25,32H,8,11-14,16-18H2,1-7H3;1-2H,(H,5,6)(H,7,8)/b;2-1+. The summed E-state index contributed by atoms with van der Waals surface area (Å²) in [7, 11) is 0. The van der Waals surface area contributed by atoms with Crippen LogP contribution in [0.5, 0.6) is 11.6 Å². The van der Waals surface area contributed by atoms with E-state index in [0.29, 0.717) is 42.5 Å². The minimum Gasteiger partial charge on any atom is -0.478 e. The number of aromatic nitrogens is 3. The monoisotopic (exact) mass is 671 g/mol. The smallest absolute Gasteiger partial charge is 0.328 e. The van der Waals surface area contributed by atoms with Crippen molar-refractivity contribution < 1.29 is 33.7 Å². The molecule has 0 bridgehead atoms. The SMILES string of the molecule is CCN(C(=O)c1cc(F)ccc1Oc1nncnc1N1CCC2(C1)CN(C(CCNC(C)C)C(C)C)C2)C(C)C.O=C(O)/C=C/C(=O)O. The average molecular weight is 672 g/mol. The number of carbonyl (C=O) groups is 3. The van der Waals surface area contributed by atoms with E-state index in [1.165, 1.54) is 24.5 Å². The molecule has 0 aliphatic carbocycles. The highest BCUT2D eigenvalue weighted by molar-refractivity contribution is 5.97. The summed E-state index contributed by atoms with van der Waals surface area (Å²) in [5, 5.41) is 27.4. The number of aliphatic carboxylic acids is 2. The molecule has 13 nitrogen and oxygen atoms in total. The first-order valence-corrected chi connectivity index (χ1v) is 16.5. The maximum absolute atomic E-state index is 14.2. The molecule has 2 fully saturated rings. The van der Waals surface area contributed by atoms with E-state index < -0.39 is 17.8 Å². The number of carbonyl (C=O) groups excluding carboxylic acids is 1. The Bertz CT molecular complexity index is 1410. The number of likely N-dealkylation sites (tertiary alicyclic amines) is 1. The van der Waals surface area contributed by atoms with Gasteiger partial charge in [-0.15, -0.1) is 10.2 Å². The number of nitrogens with one attached hydrogen (secondary N) is 1. The average Bonchev–Trinajstić information content (AvgIpc) is 3.45. The van der Waals surface area contributed by atoms with Crippen LogP contribution >= 0.6 is 0 Å². The van der Waals surface area contributed by atoms with Gasteiger partial charge in [0.05, 0.1) is 5.56 Å². The Kier molecular flexibility index (Phi) is 13.8. The van der Waals surface area contributed by atoms with Crippen LogP contribution < -0.4 is 15.0 Å². The normalized spacial score (nSPS) is 16.3. The highest BCUT2D eigenvalue weighted by Gasteiger charge is 2.50. The molecule has 0 radical (unpaired) electrons. The number of nitrogens with zero attached hydrogens (tertiary/aromatic N) is 6. The van der Waals surface area contributed by atoms with Gasteiger partial charge >= 0.3 is 11.9 Å². The molecule has 1 unspecified atom stereocenters. The van der Waals surface area contributed by atoms with Crippen LogP contribution in [-0.4, -0.2) is 110 Å². The fourth-order valence-corrected chi connectivity index (χ4v) is 6.33. The van der Waals surface area contributed by atoms with Gasteiger partial charge in [-0.25, -0.2) is 19.0 Å². The van der Waals surface area contributed by atoms with Crippen molar-refractivity contribution in [2.75, 3.05) is 44.2 Å².